The number of H-pyrrole nitrogens is 1. The van der Waals surface area contributed by atoms with Crippen molar-refractivity contribution in [1.82, 2.24) is 9.97 Å². The van der Waals surface area contributed by atoms with Crippen molar-refractivity contribution in [1.29, 1.82) is 0 Å². The normalized spacial score (nSPS) is 19.4. The number of imidazole rings is 1. The first-order chi connectivity index (χ1) is 14.0. The van der Waals surface area contributed by atoms with Crippen LogP contribution in [0.3, 0.4) is 0 Å². The molecule has 5 rings (SSSR count). The van der Waals surface area contributed by atoms with Crippen LogP contribution < -0.4 is 4.90 Å². The maximum absolute atomic E-state index is 6.37. The van der Waals surface area contributed by atoms with E-state index in [9.17, 15) is 0 Å². The number of hydrogen-bond acceptors (Lipinski definition) is 3. The summed E-state index contributed by atoms with van der Waals surface area (Å²) in [6.45, 7) is 7.70. The van der Waals surface area contributed by atoms with E-state index < -0.39 is 0 Å². The number of nitrogens with one attached hydrogen (secondary N) is 1. The summed E-state index contributed by atoms with van der Waals surface area (Å²) in [5, 5.41) is 2.99. The Bertz CT molecular complexity index is 1190. The van der Waals surface area contributed by atoms with Gasteiger partial charge in [-0.05, 0) is 61.1 Å². The quantitative estimate of drug-likeness (QED) is 0.381. The van der Waals surface area contributed by atoms with Gasteiger partial charge in [0.1, 0.15) is 11.3 Å². The molecule has 0 bridgehead atoms. The molecule has 4 aromatic rings. The molecule has 1 N–H and O–H groups in total. The topological polar surface area (TPSA) is 31.9 Å². The smallest absolute Gasteiger partial charge is 0.130 e. The van der Waals surface area contributed by atoms with Crippen molar-refractivity contribution >= 4 is 39.7 Å². The molecule has 0 radical (unpaired) electrons. The summed E-state index contributed by atoms with van der Waals surface area (Å²) in [4.78, 5) is 12.2. The molecule has 0 aliphatic carbocycles. The average molecular weight is 422 g/mol. The van der Waals surface area contributed by atoms with E-state index in [1.807, 2.05) is 29.5 Å². The van der Waals surface area contributed by atoms with Gasteiger partial charge >= 0.3 is 0 Å². The minimum absolute atomic E-state index is 0.237. The lowest BCUT2D eigenvalue weighted by Crippen LogP contribution is -2.25. The molecule has 1 aliphatic heterocycles. The van der Waals surface area contributed by atoms with Gasteiger partial charge in [-0.2, -0.15) is 0 Å². The van der Waals surface area contributed by atoms with E-state index in [0.717, 1.165) is 29.8 Å². The zero-order valence-electron chi connectivity index (χ0n) is 16.9. The Labute approximate surface area is 180 Å². The minimum Gasteiger partial charge on any atom is -0.360 e. The zero-order valence-corrected chi connectivity index (χ0v) is 18.4. The highest BCUT2D eigenvalue weighted by molar-refractivity contribution is 7.14. The second-order valence-corrected chi connectivity index (χ2v) is 9.45. The number of nitrogens with zero attached hydrogens (tertiary/aromatic N) is 2. The summed E-state index contributed by atoms with van der Waals surface area (Å²) in [5.74, 6) is 1.54. The van der Waals surface area contributed by atoms with Gasteiger partial charge in [-0.1, -0.05) is 42.8 Å². The molecule has 0 saturated carbocycles. The van der Waals surface area contributed by atoms with Crippen molar-refractivity contribution in [3.63, 3.8) is 0 Å². The average Bonchev–Trinajstić information content (AvgIpc) is 3.41. The Morgan fingerprint density at radius 2 is 2.00 bits per heavy atom. The SMILES string of the molecule is Cc1ccc(-c2cc(N3CC[C@H](C)[C@H]3c3nc4c(Cl)cccc4[nH]3)cs2)cc1C. The maximum Gasteiger partial charge on any atom is 0.130 e. The van der Waals surface area contributed by atoms with Gasteiger partial charge in [0, 0.05) is 22.5 Å². The van der Waals surface area contributed by atoms with E-state index in [1.54, 1.807) is 0 Å². The first-order valence-corrected chi connectivity index (χ1v) is 11.3. The summed E-state index contributed by atoms with van der Waals surface area (Å²) < 4.78 is 0. The van der Waals surface area contributed by atoms with E-state index in [-0.39, 0.29) is 6.04 Å². The zero-order chi connectivity index (χ0) is 20.1. The van der Waals surface area contributed by atoms with Gasteiger partial charge in [0.05, 0.1) is 16.6 Å². The van der Waals surface area contributed by atoms with Gasteiger partial charge < -0.3 is 9.88 Å². The second kappa shape index (κ2) is 7.19. The largest absolute Gasteiger partial charge is 0.360 e. The maximum atomic E-state index is 6.37. The van der Waals surface area contributed by atoms with Gasteiger partial charge in [0.2, 0.25) is 0 Å². The lowest BCUT2D eigenvalue weighted by molar-refractivity contribution is 0.514. The van der Waals surface area contributed by atoms with Crippen LogP contribution in [0, 0.1) is 19.8 Å². The molecular weight excluding hydrogens is 398 g/mol. The van der Waals surface area contributed by atoms with Crippen LogP contribution in [0.15, 0.2) is 47.8 Å². The van der Waals surface area contributed by atoms with E-state index in [0.29, 0.717) is 10.9 Å². The molecule has 3 heterocycles. The predicted molar refractivity (Wildman–Crippen MR) is 124 cm³/mol. The first kappa shape index (κ1) is 18.7. The summed E-state index contributed by atoms with van der Waals surface area (Å²) in [6.07, 6.45) is 1.16. The van der Waals surface area contributed by atoms with Crippen LogP contribution in [0.4, 0.5) is 5.69 Å². The third kappa shape index (κ3) is 3.24. The fourth-order valence-corrected chi connectivity index (χ4v) is 5.45. The second-order valence-electron chi connectivity index (χ2n) is 8.13. The molecule has 2 aromatic carbocycles. The fourth-order valence-electron chi connectivity index (χ4n) is 4.33. The van der Waals surface area contributed by atoms with E-state index in [2.05, 4.69) is 60.3 Å². The van der Waals surface area contributed by atoms with Crippen molar-refractivity contribution in [3.05, 3.63) is 69.8 Å². The lowest BCUT2D eigenvalue weighted by atomic mass is 10.0. The van der Waals surface area contributed by atoms with Crippen LogP contribution in [-0.4, -0.2) is 16.5 Å². The number of aromatic amines is 1. The van der Waals surface area contributed by atoms with Gasteiger partial charge in [-0.25, -0.2) is 4.98 Å². The molecule has 2 aromatic heterocycles. The molecule has 2 atom stereocenters. The third-order valence-corrected chi connectivity index (χ3v) is 7.44. The molecule has 29 heavy (non-hydrogen) atoms. The number of aryl methyl sites for hydroxylation is 2. The van der Waals surface area contributed by atoms with E-state index >= 15 is 0 Å². The Morgan fingerprint density at radius 3 is 2.79 bits per heavy atom. The summed E-state index contributed by atoms with van der Waals surface area (Å²) in [7, 11) is 0. The van der Waals surface area contributed by atoms with Crippen LogP contribution in [-0.2, 0) is 0 Å². The third-order valence-electron chi connectivity index (χ3n) is 6.17. The van der Waals surface area contributed by atoms with E-state index in [4.69, 9.17) is 16.6 Å². The number of para-hydroxylation sites is 1. The molecule has 148 valence electrons. The van der Waals surface area contributed by atoms with Crippen molar-refractivity contribution in [2.75, 3.05) is 11.4 Å². The standard InChI is InChI=1S/C24H24ClN3S/c1-14-7-8-17(11-16(14)3)21-12-18(13-29-21)28-10-9-15(2)23(28)24-26-20-6-4-5-19(25)22(20)27-24/h4-8,11-13,15,23H,9-10H2,1-3H3,(H,26,27)/t15-,23-/m0/s1. The van der Waals surface area contributed by atoms with Crippen LogP contribution in [0.1, 0.15) is 36.3 Å². The summed E-state index contributed by atoms with van der Waals surface area (Å²) in [5.41, 5.74) is 7.12. The summed E-state index contributed by atoms with van der Waals surface area (Å²) in [6, 6.07) is 15.2. The Balaban J connectivity index is 1.50. The van der Waals surface area contributed by atoms with Crippen molar-refractivity contribution < 1.29 is 0 Å². The van der Waals surface area contributed by atoms with Crippen molar-refractivity contribution in [3.8, 4) is 10.4 Å². The predicted octanol–water partition coefficient (Wildman–Crippen LogP) is 7.15. The first-order valence-electron chi connectivity index (χ1n) is 10.1. The molecule has 0 spiro atoms. The molecule has 1 saturated heterocycles. The highest BCUT2D eigenvalue weighted by atomic mass is 35.5. The minimum atomic E-state index is 0.237. The lowest BCUT2D eigenvalue weighted by Gasteiger charge is -2.26. The summed E-state index contributed by atoms with van der Waals surface area (Å²) >= 11 is 8.18. The molecule has 5 heteroatoms. The number of thiophene rings is 1. The molecule has 0 unspecified atom stereocenters. The molecule has 1 aliphatic rings. The van der Waals surface area contributed by atoms with Gasteiger partial charge in [0.15, 0.2) is 0 Å². The molecule has 3 nitrogen and oxygen atoms in total. The van der Waals surface area contributed by atoms with Crippen LogP contribution in [0.5, 0.6) is 0 Å². The number of rotatable bonds is 3. The number of halogens is 1. The Kier molecular flexibility index (Phi) is 4.64. The number of fused-ring (bicyclic) bond motifs is 1. The van der Waals surface area contributed by atoms with Crippen molar-refractivity contribution in [2.24, 2.45) is 5.92 Å². The molecular formula is C24H24ClN3S. The number of benzene rings is 2. The van der Waals surface area contributed by atoms with Crippen molar-refractivity contribution in [2.45, 2.75) is 33.2 Å². The number of hydrogen-bond donors (Lipinski definition) is 1. The fraction of sp³-hybridized carbons (Fsp3) is 0.292. The van der Waals surface area contributed by atoms with Crippen LogP contribution in [0.2, 0.25) is 5.02 Å². The van der Waals surface area contributed by atoms with Gasteiger partial charge in [-0.15, -0.1) is 11.3 Å². The monoisotopic (exact) mass is 421 g/mol. The van der Waals surface area contributed by atoms with E-state index in [1.165, 1.54) is 27.3 Å². The Morgan fingerprint density at radius 1 is 1.14 bits per heavy atom. The van der Waals surface area contributed by atoms with Crippen LogP contribution >= 0.6 is 22.9 Å². The highest BCUT2D eigenvalue weighted by Crippen LogP contribution is 2.43. The highest BCUT2D eigenvalue weighted by Gasteiger charge is 2.35. The Hall–Kier alpha value is -2.30. The molecule has 0 amide bonds. The van der Waals surface area contributed by atoms with Gasteiger partial charge in [-0.3, -0.25) is 0 Å². The van der Waals surface area contributed by atoms with Gasteiger partial charge in [0.25, 0.3) is 0 Å². The molecule has 1 fully saturated rings. The number of aromatic nitrogens is 2. The number of anilines is 1. The van der Waals surface area contributed by atoms with Crippen LogP contribution in [0.25, 0.3) is 21.5 Å².